The number of carbonyl (C=O) groups is 2. The van der Waals surface area contributed by atoms with E-state index in [0.717, 1.165) is 0 Å². The van der Waals surface area contributed by atoms with E-state index in [1.165, 1.54) is 18.2 Å². The molecule has 1 aromatic carbocycles. The van der Waals surface area contributed by atoms with Gasteiger partial charge in [-0.2, -0.15) is 4.98 Å². The van der Waals surface area contributed by atoms with Gasteiger partial charge >= 0.3 is 5.97 Å². The van der Waals surface area contributed by atoms with Gasteiger partial charge in [-0.15, -0.1) is 5.10 Å². The van der Waals surface area contributed by atoms with Crippen molar-refractivity contribution in [3.63, 3.8) is 0 Å². The van der Waals surface area contributed by atoms with E-state index in [-0.39, 0.29) is 28.0 Å². The quantitative estimate of drug-likeness (QED) is 0.663. The lowest BCUT2D eigenvalue weighted by molar-refractivity contribution is 0.0696. The molecule has 1 aromatic heterocycles. The Hall–Kier alpha value is -2.61. The van der Waals surface area contributed by atoms with Crippen LogP contribution in [0.4, 0.5) is 11.6 Å². The van der Waals surface area contributed by atoms with Crippen LogP contribution in [0.1, 0.15) is 21.0 Å². The van der Waals surface area contributed by atoms with Crippen molar-refractivity contribution >= 4 is 35.1 Å². The number of carboxylic acid groups (broad SMARTS) is 1. The fraction of sp³-hybridized carbons (Fsp3) is 0. The number of nitrogens with zero attached hydrogens (tertiary/aromatic N) is 2. The van der Waals surface area contributed by atoms with Gasteiger partial charge in [-0.1, -0.05) is 11.6 Å². The molecule has 5 N–H and O–H groups in total. The highest BCUT2D eigenvalue weighted by Gasteiger charge is 2.14. The summed E-state index contributed by atoms with van der Waals surface area (Å²) in [5, 5.41) is 17.3. The van der Waals surface area contributed by atoms with Crippen LogP contribution < -0.4 is 11.1 Å². The van der Waals surface area contributed by atoms with Crippen molar-refractivity contribution in [1.82, 2.24) is 15.2 Å². The number of amides is 1. The largest absolute Gasteiger partial charge is 0.478 e. The van der Waals surface area contributed by atoms with Crippen molar-refractivity contribution in [2.45, 2.75) is 0 Å². The third-order valence-electron chi connectivity index (χ3n) is 2.18. The van der Waals surface area contributed by atoms with E-state index in [1.807, 2.05) is 0 Å². The number of benzene rings is 1. The zero-order chi connectivity index (χ0) is 14.0. The van der Waals surface area contributed by atoms with Crippen molar-refractivity contribution in [1.29, 1.82) is 0 Å². The molecule has 0 aliphatic heterocycles. The number of aromatic amines is 1. The van der Waals surface area contributed by atoms with E-state index in [9.17, 15) is 9.59 Å². The summed E-state index contributed by atoms with van der Waals surface area (Å²) in [6.45, 7) is 0. The summed E-state index contributed by atoms with van der Waals surface area (Å²) >= 11 is 5.86. The number of H-pyrrole nitrogens is 1. The fourth-order valence-corrected chi connectivity index (χ4v) is 1.48. The first kappa shape index (κ1) is 12.8. The van der Waals surface area contributed by atoms with Crippen LogP contribution in [0, 0.1) is 0 Å². The van der Waals surface area contributed by atoms with Crippen LogP contribution in [0.25, 0.3) is 0 Å². The Labute approximate surface area is 111 Å². The topological polar surface area (TPSA) is 134 Å². The zero-order valence-electron chi connectivity index (χ0n) is 9.35. The number of aromatic nitrogens is 3. The molecule has 0 saturated heterocycles. The minimum absolute atomic E-state index is 0.00298. The summed E-state index contributed by atoms with van der Waals surface area (Å²) in [7, 11) is 0. The van der Waals surface area contributed by atoms with Gasteiger partial charge in [-0.25, -0.2) is 4.79 Å². The van der Waals surface area contributed by atoms with Gasteiger partial charge in [-0.05, 0) is 18.2 Å². The number of hydrogen-bond donors (Lipinski definition) is 4. The van der Waals surface area contributed by atoms with Crippen molar-refractivity contribution in [2.24, 2.45) is 0 Å². The minimum atomic E-state index is -1.13. The second-order valence-electron chi connectivity index (χ2n) is 3.50. The van der Waals surface area contributed by atoms with E-state index >= 15 is 0 Å². The van der Waals surface area contributed by atoms with E-state index in [1.54, 1.807) is 0 Å². The molecule has 0 atom stereocenters. The van der Waals surface area contributed by atoms with Gasteiger partial charge in [0.05, 0.1) is 16.3 Å². The number of carboxylic acids is 1. The van der Waals surface area contributed by atoms with E-state index in [0.29, 0.717) is 0 Å². The SMILES string of the molecule is Nc1n[nH]c(C(=O)Nc2cc(C(=O)O)ccc2Cl)n1. The maximum absolute atomic E-state index is 11.8. The molecule has 2 rings (SSSR count). The average molecular weight is 282 g/mol. The molecule has 98 valence electrons. The highest BCUT2D eigenvalue weighted by molar-refractivity contribution is 6.34. The Morgan fingerprint density at radius 3 is 2.74 bits per heavy atom. The van der Waals surface area contributed by atoms with E-state index in [2.05, 4.69) is 20.5 Å². The first-order valence-corrected chi connectivity index (χ1v) is 5.37. The highest BCUT2D eigenvalue weighted by atomic mass is 35.5. The van der Waals surface area contributed by atoms with Gasteiger partial charge in [0, 0.05) is 0 Å². The lowest BCUT2D eigenvalue weighted by Gasteiger charge is -2.06. The first-order chi connectivity index (χ1) is 8.97. The summed E-state index contributed by atoms with van der Waals surface area (Å²) in [6, 6.07) is 3.93. The molecule has 2 aromatic rings. The van der Waals surface area contributed by atoms with Crippen molar-refractivity contribution in [2.75, 3.05) is 11.1 Å². The zero-order valence-corrected chi connectivity index (χ0v) is 10.1. The van der Waals surface area contributed by atoms with Gasteiger partial charge in [0.1, 0.15) is 0 Å². The van der Waals surface area contributed by atoms with Crippen molar-refractivity contribution in [3.8, 4) is 0 Å². The molecule has 9 heteroatoms. The number of hydrogen-bond acceptors (Lipinski definition) is 5. The van der Waals surface area contributed by atoms with Gasteiger partial charge in [0.2, 0.25) is 11.8 Å². The molecule has 0 aliphatic carbocycles. The monoisotopic (exact) mass is 281 g/mol. The molecule has 0 saturated carbocycles. The maximum Gasteiger partial charge on any atom is 0.335 e. The summed E-state index contributed by atoms with van der Waals surface area (Å²) in [4.78, 5) is 26.2. The predicted molar refractivity (Wildman–Crippen MR) is 67.2 cm³/mol. The fourth-order valence-electron chi connectivity index (χ4n) is 1.31. The third kappa shape index (κ3) is 2.80. The Morgan fingerprint density at radius 2 is 2.16 bits per heavy atom. The van der Waals surface area contributed by atoms with Gasteiger partial charge in [-0.3, -0.25) is 9.89 Å². The molecule has 0 fully saturated rings. The van der Waals surface area contributed by atoms with Crippen LogP contribution in [-0.4, -0.2) is 32.2 Å². The third-order valence-corrected chi connectivity index (χ3v) is 2.51. The van der Waals surface area contributed by atoms with Gasteiger partial charge in [0.15, 0.2) is 0 Å². The first-order valence-electron chi connectivity index (χ1n) is 4.99. The van der Waals surface area contributed by atoms with Crippen LogP contribution in [0.15, 0.2) is 18.2 Å². The van der Waals surface area contributed by atoms with Crippen LogP contribution in [-0.2, 0) is 0 Å². The number of nitrogen functional groups attached to an aromatic ring is 1. The smallest absolute Gasteiger partial charge is 0.335 e. The van der Waals surface area contributed by atoms with E-state index in [4.69, 9.17) is 22.4 Å². The summed E-state index contributed by atoms with van der Waals surface area (Å²) in [5.41, 5.74) is 5.42. The van der Waals surface area contributed by atoms with Crippen molar-refractivity contribution in [3.05, 3.63) is 34.6 Å². The molecular formula is C10H8ClN5O3. The van der Waals surface area contributed by atoms with Gasteiger partial charge < -0.3 is 16.2 Å². The molecule has 8 nitrogen and oxygen atoms in total. The van der Waals surface area contributed by atoms with Crippen molar-refractivity contribution < 1.29 is 14.7 Å². The lowest BCUT2D eigenvalue weighted by Crippen LogP contribution is -2.14. The number of nitrogens with one attached hydrogen (secondary N) is 2. The highest BCUT2D eigenvalue weighted by Crippen LogP contribution is 2.23. The van der Waals surface area contributed by atoms with Crippen LogP contribution >= 0.6 is 11.6 Å². The Kier molecular flexibility index (Phi) is 3.34. The molecule has 1 heterocycles. The summed E-state index contributed by atoms with van der Waals surface area (Å²) in [6.07, 6.45) is 0. The number of nitrogens with two attached hydrogens (primary N) is 1. The van der Waals surface area contributed by atoms with Crippen LogP contribution in [0.3, 0.4) is 0 Å². The van der Waals surface area contributed by atoms with Crippen LogP contribution in [0.5, 0.6) is 0 Å². The molecular weight excluding hydrogens is 274 g/mol. The second-order valence-corrected chi connectivity index (χ2v) is 3.90. The van der Waals surface area contributed by atoms with Gasteiger partial charge in [0.25, 0.3) is 5.91 Å². The number of halogens is 1. The maximum atomic E-state index is 11.8. The number of carbonyl (C=O) groups excluding carboxylic acids is 1. The minimum Gasteiger partial charge on any atom is -0.478 e. The average Bonchev–Trinajstić information content (AvgIpc) is 2.78. The number of rotatable bonds is 3. The molecule has 19 heavy (non-hydrogen) atoms. The Balaban J connectivity index is 2.25. The number of aromatic carboxylic acids is 1. The van der Waals surface area contributed by atoms with E-state index < -0.39 is 11.9 Å². The molecule has 1 amide bonds. The second kappa shape index (κ2) is 4.94. The standard InChI is InChI=1S/C10H8ClN5O3/c11-5-2-1-4(9(18)19)3-6(5)13-8(17)7-14-10(12)16-15-7/h1-3H,(H,13,17)(H,18,19)(H3,12,14,15,16). The molecule has 0 aliphatic rings. The number of anilines is 2. The summed E-state index contributed by atoms with van der Waals surface area (Å²) < 4.78 is 0. The normalized spacial score (nSPS) is 10.2. The molecule has 0 bridgehead atoms. The molecule has 0 spiro atoms. The molecule has 0 unspecified atom stereocenters. The lowest BCUT2D eigenvalue weighted by atomic mass is 10.2. The summed E-state index contributed by atoms with van der Waals surface area (Å²) in [5.74, 6) is -1.94. The molecule has 0 radical (unpaired) electrons. The Bertz CT molecular complexity index is 654. The van der Waals surface area contributed by atoms with Crippen LogP contribution in [0.2, 0.25) is 5.02 Å². The Morgan fingerprint density at radius 1 is 1.42 bits per heavy atom. The predicted octanol–water partition coefficient (Wildman–Crippen LogP) is 0.991.